The second kappa shape index (κ2) is 19.4. The van der Waals surface area contributed by atoms with Gasteiger partial charge in [-0.25, -0.2) is 0 Å². The van der Waals surface area contributed by atoms with E-state index in [1.54, 1.807) is 6.92 Å². The third kappa shape index (κ3) is 14.6. The molecule has 0 saturated heterocycles. The van der Waals surface area contributed by atoms with Crippen molar-refractivity contribution >= 4 is 12.8 Å². The molecule has 0 amide bonds. The molecule has 0 N–H and O–H groups in total. The van der Waals surface area contributed by atoms with Crippen molar-refractivity contribution in [1.29, 1.82) is 0 Å². The van der Waals surface area contributed by atoms with Crippen LogP contribution >= 0.6 is 6.83 Å². The van der Waals surface area contributed by atoms with Crippen molar-refractivity contribution in [2.24, 2.45) is 0 Å². The summed E-state index contributed by atoms with van der Waals surface area (Å²) < 4.78 is 6.52. The van der Waals surface area contributed by atoms with E-state index >= 15 is 0 Å². The van der Waals surface area contributed by atoms with E-state index in [0.29, 0.717) is 0 Å². The molecule has 0 aromatic heterocycles. The zero-order chi connectivity index (χ0) is 23.3. The summed E-state index contributed by atoms with van der Waals surface area (Å²) in [6.45, 7) is 8.38. The van der Waals surface area contributed by atoms with Crippen LogP contribution in [0.15, 0.2) is 0 Å². The van der Waals surface area contributed by atoms with Crippen LogP contribution in [0.3, 0.4) is 0 Å². The van der Waals surface area contributed by atoms with Crippen LogP contribution < -0.4 is 0 Å². The molecule has 0 aromatic rings. The Morgan fingerprint density at radius 1 is 0.484 bits per heavy atom. The fourth-order valence-corrected chi connectivity index (χ4v) is 12.0. The van der Waals surface area contributed by atoms with Gasteiger partial charge >= 0.3 is 184 Å². The van der Waals surface area contributed by atoms with Gasteiger partial charge in [0.1, 0.15) is 0 Å². The van der Waals surface area contributed by atoms with E-state index < -0.39 is 6.83 Å². The van der Waals surface area contributed by atoms with Gasteiger partial charge in [-0.05, 0) is 0 Å². The quantitative estimate of drug-likeness (QED) is 0.112. The zero-order valence-corrected chi connectivity index (χ0v) is 23.2. The molecular weight excluding hydrogens is 399 g/mol. The number of carbonyl (C=O) groups excluding carboxylic acids is 1. The molecule has 3 heteroatoms. The summed E-state index contributed by atoms with van der Waals surface area (Å²) in [5.41, 5.74) is 0. The topological polar surface area (TPSA) is 26.3 Å². The Balaban J connectivity index is 4.62. The molecule has 0 unspecified atom stereocenters. The molecule has 0 heterocycles. The Hall–Kier alpha value is -0.100. The SMILES string of the molecule is CCCCCCCCCCCCCCP(CCCC)(CCCC)(CCCC)OC(C)=O. The molecule has 0 radical (unpaired) electrons. The van der Waals surface area contributed by atoms with Crippen molar-refractivity contribution in [2.45, 2.75) is 150 Å². The molecule has 0 rings (SSSR count). The first-order valence-electron chi connectivity index (χ1n) is 14.2. The van der Waals surface area contributed by atoms with Crippen molar-refractivity contribution in [3.8, 4) is 0 Å². The fourth-order valence-electron chi connectivity index (χ4n) is 5.24. The van der Waals surface area contributed by atoms with Gasteiger partial charge in [0.2, 0.25) is 0 Å². The van der Waals surface area contributed by atoms with Crippen LogP contribution in [0.2, 0.25) is 0 Å². The fraction of sp³-hybridized carbons (Fsp3) is 0.964. The molecule has 31 heavy (non-hydrogen) atoms. The van der Waals surface area contributed by atoms with Gasteiger partial charge in [0.05, 0.1) is 0 Å². The van der Waals surface area contributed by atoms with E-state index in [1.807, 2.05) is 0 Å². The maximum atomic E-state index is 12.3. The van der Waals surface area contributed by atoms with Gasteiger partial charge in [-0.2, -0.15) is 0 Å². The average Bonchev–Trinajstić information content (AvgIpc) is 2.75. The van der Waals surface area contributed by atoms with E-state index in [2.05, 4.69) is 27.7 Å². The van der Waals surface area contributed by atoms with Crippen LogP contribution in [0.1, 0.15) is 150 Å². The van der Waals surface area contributed by atoms with Crippen LogP contribution in [0.4, 0.5) is 0 Å². The van der Waals surface area contributed by atoms with Crippen molar-refractivity contribution in [3.05, 3.63) is 0 Å². The molecule has 0 aliphatic carbocycles. The van der Waals surface area contributed by atoms with E-state index in [1.165, 1.54) is 140 Å². The van der Waals surface area contributed by atoms with Crippen LogP contribution in [0.25, 0.3) is 0 Å². The number of unbranched alkanes of at least 4 members (excludes halogenated alkanes) is 14. The standard InChI is InChI=1S/C28H59O2P/c1-6-10-14-15-16-17-18-19-20-21-22-23-27-31(24-11-7-2,25-12-8-3,26-13-9-4)30-28(5)29/h6-27H2,1-5H3. The molecule has 2 nitrogen and oxygen atoms in total. The maximum absolute atomic E-state index is 12.3. The number of carbonyl (C=O) groups is 1. The van der Waals surface area contributed by atoms with Crippen molar-refractivity contribution < 1.29 is 9.32 Å². The Morgan fingerprint density at radius 2 is 0.774 bits per heavy atom. The molecule has 0 atom stereocenters. The summed E-state index contributed by atoms with van der Waals surface area (Å²) in [5, 5.41) is 0. The molecule has 0 spiro atoms. The van der Waals surface area contributed by atoms with Gasteiger partial charge in [0.15, 0.2) is 0 Å². The molecule has 0 aromatic carbocycles. The van der Waals surface area contributed by atoms with Gasteiger partial charge < -0.3 is 0 Å². The molecule has 0 saturated carbocycles. The number of rotatable bonds is 23. The summed E-state index contributed by atoms with van der Waals surface area (Å²) >= 11 is 0. The molecule has 0 aliphatic heterocycles. The van der Waals surface area contributed by atoms with E-state index in [9.17, 15) is 4.79 Å². The normalized spacial score (nSPS) is 13.1. The minimum absolute atomic E-state index is 0.0140. The van der Waals surface area contributed by atoms with Gasteiger partial charge in [-0.3, -0.25) is 0 Å². The van der Waals surface area contributed by atoms with Crippen LogP contribution in [0, 0.1) is 0 Å². The van der Waals surface area contributed by atoms with Gasteiger partial charge in [-0.15, -0.1) is 0 Å². The molecule has 0 bridgehead atoms. The first-order valence-corrected chi connectivity index (χ1v) is 17.1. The average molecular weight is 459 g/mol. The molecular formula is C28H59O2P. The molecule has 188 valence electrons. The van der Waals surface area contributed by atoms with Crippen LogP contribution in [0.5, 0.6) is 0 Å². The summed E-state index contributed by atoms with van der Waals surface area (Å²) in [4.78, 5) is 12.3. The van der Waals surface area contributed by atoms with Crippen molar-refractivity contribution in [2.75, 3.05) is 24.6 Å². The molecule has 0 aliphatic rings. The van der Waals surface area contributed by atoms with Crippen LogP contribution in [-0.4, -0.2) is 30.6 Å². The number of hydrogen-bond acceptors (Lipinski definition) is 2. The molecule has 0 fully saturated rings. The minimum atomic E-state index is -2.41. The number of hydrogen-bond donors (Lipinski definition) is 0. The second-order valence-corrected chi connectivity index (χ2v) is 16.0. The summed E-state index contributed by atoms with van der Waals surface area (Å²) in [7, 11) is 0. The summed E-state index contributed by atoms with van der Waals surface area (Å²) in [6, 6.07) is 0. The summed E-state index contributed by atoms with van der Waals surface area (Å²) in [5.74, 6) is -0.0140. The van der Waals surface area contributed by atoms with Gasteiger partial charge in [0, 0.05) is 0 Å². The third-order valence-corrected chi connectivity index (χ3v) is 13.8. The first kappa shape index (κ1) is 30.9. The second-order valence-electron chi connectivity index (χ2n) is 10.3. The van der Waals surface area contributed by atoms with Gasteiger partial charge in [-0.1, -0.05) is 13.3 Å². The monoisotopic (exact) mass is 458 g/mol. The Bertz CT molecular complexity index is 397. The Labute approximate surface area is 197 Å². The van der Waals surface area contributed by atoms with E-state index in [4.69, 9.17) is 4.52 Å². The Morgan fingerprint density at radius 3 is 1.10 bits per heavy atom. The van der Waals surface area contributed by atoms with Crippen molar-refractivity contribution in [1.82, 2.24) is 0 Å². The van der Waals surface area contributed by atoms with Gasteiger partial charge in [0.25, 0.3) is 0 Å². The van der Waals surface area contributed by atoms with Crippen molar-refractivity contribution in [3.63, 3.8) is 0 Å². The predicted molar refractivity (Wildman–Crippen MR) is 144 cm³/mol. The van der Waals surface area contributed by atoms with Crippen LogP contribution in [-0.2, 0) is 9.32 Å². The zero-order valence-electron chi connectivity index (χ0n) is 22.3. The first-order chi connectivity index (χ1) is 15.0. The summed E-state index contributed by atoms with van der Waals surface area (Å²) in [6.07, 6.45) is 28.6. The van der Waals surface area contributed by atoms with E-state index in [-0.39, 0.29) is 5.97 Å². The predicted octanol–water partition coefficient (Wildman–Crippen LogP) is 10.1. The van der Waals surface area contributed by atoms with E-state index in [0.717, 1.165) is 0 Å². The third-order valence-electron chi connectivity index (χ3n) is 7.20. The Kier molecular flexibility index (Phi) is 19.3.